The predicted molar refractivity (Wildman–Crippen MR) is 80.3 cm³/mol. The van der Waals surface area contributed by atoms with Crippen LogP contribution in [0.1, 0.15) is 46.4 Å². The van der Waals surface area contributed by atoms with Crippen molar-refractivity contribution in [2.45, 2.75) is 25.7 Å². The number of hydrogen-bond donors (Lipinski definition) is 1. The van der Waals surface area contributed by atoms with Crippen molar-refractivity contribution in [3.63, 3.8) is 0 Å². The maximum atomic E-state index is 12.0. The number of rotatable bonds is 3. The maximum Gasteiger partial charge on any atom is 0.261 e. The molecule has 1 N–H and O–H groups in total. The predicted octanol–water partition coefficient (Wildman–Crippen LogP) is 2.76. The van der Waals surface area contributed by atoms with E-state index in [2.05, 4.69) is 5.32 Å². The van der Waals surface area contributed by atoms with Crippen LogP contribution in [0.2, 0.25) is 0 Å². The standard InChI is InChI=1S/C17H20N2O2/c1-19-16(20)14-5-4-13(8-15(14)17(19)21)18-9-12-7-10-2-3-11(12)6-10/h4-5,8,10-12,18H,2-3,6-7,9H2,1H3. The van der Waals surface area contributed by atoms with Gasteiger partial charge in [-0.25, -0.2) is 0 Å². The number of carbonyl (C=O) groups excluding carboxylic acids is 2. The molecule has 1 aromatic rings. The molecule has 2 saturated carbocycles. The fraction of sp³-hybridized carbons (Fsp3) is 0.529. The highest BCUT2D eigenvalue weighted by molar-refractivity contribution is 6.21. The van der Waals surface area contributed by atoms with Gasteiger partial charge in [0.1, 0.15) is 0 Å². The molecule has 0 spiro atoms. The zero-order chi connectivity index (χ0) is 14.6. The molecule has 0 aromatic heterocycles. The fourth-order valence-corrected chi connectivity index (χ4v) is 4.35. The average molecular weight is 284 g/mol. The summed E-state index contributed by atoms with van der Waals surface area (Å²) in [5, 5.41) is 3.47. The lowest BCUT2D eigenvalue weighted by molar-refractivity contribution is 0.0693. The minimum atomic E-state index is -0.199. The number of carbonyl (C=O) groups is 2. The van der Waals surface area contributed by atoms with Crippen molar-refractivity contribution in [1.82, 2.24) is 4.90 Å². The Labute approximate surface area is 124 Å². The molecule has 3 atom stereocenters. The fourth-order valence-electron chi connectivity index (χ4n) is 4.35. The van der Waals surface area contributed by atoms with Crippen LogP contribution in [0, 0.1) is 17.8 Å². The van der Waals surface area contributed by atoms with Gasteiger partial charge < -0.3 is 5.32 Å². The Morgan fingerprint density at radius 1 is 1.14 bits per heavy atom. The number of nitrogens with zero attached hydrogens (tertiary/aromatic N) is 1. The van der Waals surface area contributed by atoms with Gasteiger partial charge >= 0.3 is 0 Å². The Hall–Kier alpha value is -1.84. The highest BCUT2D eigenvalue weighted by Gasteiger charge is 2.39. The smallest absolute Gasteiger partial charge is 0.261 e. The van der Waals surface area contributed by atoms with Gasteiger partial charge in [0.25, 0.3) is 11.8 Å². The number of nitrogens with one attached hydrogen (secondary N) is 1. The van der Waals surface area contributed by atoms with E-state index in [1.54, 1.807) is 6.07 Å². The van der Waals surface area contributed by atoms with Crippen LogP contribution >= 0.6 is 0 Å². The molecule has 1 aromatic carbocycles. The third kappa shape index (κ3) is 1.96. The lowest BCUT2D eigenvalue weighted by Gasteiger charge is -2.22. The molecule has 21 heavy (non-hydrogen) atoms. The van der Waals surface area contributed by atoms with Crippen molar-refractivity contribution < 1.29 is 9.59 Å². The third-order valence-corrected chi connectivity index (χ3v) is 5.54. The van der Waals surface area contributed by atoms with Gasteiger partial charge in [-0.2, -0.15) is 0 Å². The molecule has 2 fully saturated rings. The van der Waals surface area contributed by atoms with E-state index in [1.165, 1.54) is 37.6 Å². The molecule has 110 valence electrons. The largest absolute Gasteiger partial charge is 0.385 e. The molecule has 2 aliphatic carbocycles. The number of benzene rings is 1. The Bertz CT molecular complexity index is 625. The second-order valence-corrected chi connectivity index (χ2v) is 6.75. The summed E-state index contributed by atoms with van der Waals surface area (Å²) >= 11 is 0. The second-order valence-electron chi connectivity index (χ2n) is 6.75. The summed E-state index contributed by atoms with van der Waals surface area (Å²) in [7, 11) is 1.53. The Morgan fingerprint density at radius 2 is 1.95 bits per heavy atom. The van der Waals surface area contributed by atoms with Gasteiger partial charge in [-0.05, 0) is 55.2 Å². The molecule has 1 aliphatic heterocycles. The van der Waals surface area contributed by atoms with E-state index in [0.29, 0.717) is 11.1 Å². The van der Waals surface area contributed by atoms with Gasteiger partial charge in [0.2, 0.25) is 0 Å². The summed E-state index contributed by atoms with van der Waals surface area (Å²) in [5.74, 6) is 2.23. The number of imide groups is 1. The van der Waals surface area contributed by atoms with Crippen LogP contribution in [-0.2, 0) is 0 Å². The highest BCUT2D eigenvalue weighted by Crippen LogP contribution is 2.48. The van der Waals surface area contributed by atoms with E-state index in [0.717, 1.165) is 30.0 Å². The molecule has 0 radical (unpaired) electrons. The lowest BCUT2D eigenvalue weighted by Crippen LogP contribution is -2.24. The summed E-state index contributed by atoms with van der Waals surface area (Å²) in [6.45, 7) is 0.984. The summed E-state index contributed by atoms with van der Waals surface area (Å²) in [5.41, 5.74) is 2.00. The molecular formula is C17H20N2O2. The first kappa shape index (κ1) is 12.9. The first-order chi connectivity index (χ1) is 10.1. The number of amides is 2. The minimum absolute atomic E-state index is 0.196. The zero-order valence-corrected chi connectivity index (χ0v) is 12.3. The van der Waals surface area contributed by atoms with Crippen molar-refractivity contribution >= 4 is 17.5 Å². The van der Waals surface area contributed by atoms with E-state index in [9.17, 15) is 9.59 Å². The van der Waals surface area contributed by atoms with Crippen LogP contribution in [0.5, 0.6) is 0 Å². The topological polar surface area (TPSA) is 49.4 Å². The van der Waals surface area contributed by atoms with Gasteiger partial charge in [-0.15, -0.1) is 0 Å². The third-order valence-electron chi connectivity index (χ3n) is 5.54. The van der Waals surface area contributed by atoms with Gasteiger partial charge in [0.15, 0.2) is 0 Å². The minimum Gasteiger partial charge on any atom is -0.385 e. The molecule has 3 aliphatic rings. The van der Waals surface area contributed by atoms with Crippen LogP contribution in [-0.4, -0.2) is 30.3 Å². The molecule has 0 saturated heterocycles. The molecular weight excluding hydrogens is 264 g/mol. The molecule has 2 amide bonds. The van der Waals surface area contributed by atoms with Gasteiger partial charge in [0, 0.05) is 19.3 Å². The summed E-state index contributed by atoms with van der Waals surface area (Å²) in [6.07, 6.45) is 5.57. The van der Waals surface area contributed by atoms with E-state index >= 15 is 0 Å². The normalized spacial score (nSPS) is 30.1. The summed E-state index contributed by atoms with van der Waals surface area (Å²) < 4.78 is 0. The van der Waals surface area contributed by atoms with Crippen LogP contribution in [0.15, 0.2) is 18.2 Å². The quantitative estimate of drug-likeness (QED) is 0.868. The van der Waals surface area contributed by atoms with Crippen molar-refractivity contribution in [3.05, 3.63) is 29.3 Å². The van der Waals surface area contributed by atoms with Gasteiger partial charge in [0.05, 0.1) is 11.1 Å². The average Bonchev–Trinajstić information content (AvgIpc) is 3.17. The molecule has 4 rings (SSSR count). The Morgan fingerprint density at radius 3 is 2.67 bits per heavy atom. The second kappa shape index (κ2) is 4.58. The van der Waals surface area contributed by atoms with E-state index < -0.39 is 0 Å². The SMILES string of the molecule is CN1C(=O)c2ccc(NCC3CC4CCC3C4)cc2C1=O. The molecule has 4 nitrogen and oxygen atoms in total. The van der Waals surface area contributed by atoms with Gasteiger partial charge in [-0.1, -0.05) is 6.42 Å². The van der Waals surface area contributed by atoms with E-state index in [1.807, 2.05) is 12.1 Å². The Kier molecular flexibility index (Phi) is 2.81. The zero-order valence-electron chi connectivity index (χ0n) is 12.3. The van der Waals surface area contributed by atoms with Crippen molar-refractivity contribution in [3.8, 4) is 0 Å². The Balaban J connectivity index is 1.48. The van der Waals surface area contributed by atoms with E-state index in [-0.39, 0.29) is 11.8 Å². The number of anilines is 1. The van der Waals surface area contributed by atoms with Crippen LogP contribution < -0.4 is 5.32 Å². The molecule has 3 unspecified atom stereocenters. The van der Waals surface area contributed by atoms with Crippen molar-refractivity contribution in [2.75, 3.05) is 18.9 Å². The van der Waals surface area contributed by atoms with Crippen LogP contribution in [0.3, 0.4) is 0 Å². The van der Waals surface area contributed by atoms with E-state index in [4.69, 9.17) is 0 Å². The number of hydrogen-bond acceptors (Lipinski definition) is 3. The van der Waals surface area contributed by atoms with Crippen molar-refractivity contribution in [2.24, 2.45) is 17.8 Å². The van der Waals surface area contributed by atoms with Crippen molar-refractivity contribution in [1.29, 1.82) is 0 Å². The van der Waals surface area contributed by atoms with Gasteiger partial charge in [-0.3, -0.25) is 14.5 Å². The molecule has 4 heteroatoms. The molecule has 1 heterocycles. The monoisotopic (exact) mass is 284 g/mol. The lowest BCUT2D eigenvalue weighted by atomic mass is 9.89. The number of fused-ring (bicyclic) bond motifs is 3. The molecule has 2 bridgehead atoms. The van der Waals surface area contributed by atoms with Crippen LogP contribution in [0.25, 0.3) is 0 Å². The highest BCUT2D eigenvalue weighted by atomic mass is 16.2. The van der Waals surface area contributed by atoms with Crippen LogP contribution in [0.4, 0.5) is 5.69 Å². The summed E-state index contributed by atoms with van der Waals surface area (Å²) in [6, 6.07) is 5.50. The first-order valence-corrected chi connectivity index (χ1v) is 7.84. The maximum absolute atomic E-state index is 12.0. The first-order valence-electron chi connectivity index (χ1n) is 7.84. The summed E-state index contributed by atoms with van der Waals surface area (Å²) in [4.78, 5) is 25.0.